The van der Waals surface area contributed by atoms with Crippen molar-refractivity contribution >= 4 is 11.8 Å². The molecular weight excluding hydrogens is 170 g/mol. The fourth-order valence-electron chi connectivity index (χ4n) is 2.51. The van der Waals surface area contributed by atoms with Crippen LogP contribution in [0.1, 0.15) is 12.8 Å². The van der Waals surface area contributed by atoms with Crippen molar-refractivity contribution in [2.75, 3.05) is 14.2 Å². The van der Waals surface area contributed by atoms with Crippen molar-refractivity contribution in [1.82, 2.24) is 4.90 Å². The Labute approximate surface area is 76.8 Å². The highest BCUT2D eigenvalue weighted by Gasteiger charge is 2.54. The van der Waals surface area contributed by atoms with E-state index in [-0.39, 0.29) is 23.8 Å². The second-order valence-corrected chi connectivity index (χ2v) is 3.73. The number of hydrogen-bond donors (Lipinski definition) is 0. The molecule has 0 aromatic heterocycles. The molecule has 0 aliphatic carbocycles. The van der Waals surface area contributed by atoms with Crippen LogP contribution in [0.5, 0.6) is 0 Å². The molecule has 0 N–H and O–H groups in total. The van der Waals surface area contributed by atoms with E-state index in [0.29, 0.717) is 0 Å². The number of methoxy groups -OCH3 is 1. The minimum absolute atomic E-state index is 0.0332. The van der Waals surface area contributed by atoms with Crippen molar-refractivity contribution in [2.45, 2.75) is 24.9 Å². The van der Waals surface area contributed by atoms with Crippen LogP contribution < -0.4 is 0 Å². The molecule has 0 radical (unpaired) electrons. The highest BCUT2D eigenvalue weighted by atomic mass is 16.5. The molecule has 2 rings (SSSR count). The maximum absolute atomic E-state index is 11.6. The molecule has 2 fully saturated rings. The zero-order valence-corrected chi connectivity index (χ0v) is 7.82. The van der Waals surface area contributed by atoms with Gasteiger partial charge in [0.25, 0.3) is 0 Å². The van der Waals surface area contributed by atoms with Gasteiger partial charge in [0, 0.05) is 6.04 Å². The van der Waals surface area contributed by atoms with Gasteiger partial charge in [-0.25, -0.2) is 0 Å². The Kier molecular flexibility index (Phi) is 1.87. The first-order chi connectivity index (χ1) is 6.16. The van der Waals surface area contributed by atoms with Crippen LogP contribution in [0.25, 0.3) is 0 Å². The number of likely N-dealkylation sites (N-methyl/N-ethyl adjacent to an activating group) is 1. The molecule has 2 heterocycles. The van der Waals surface area contributed by atoms with Crippen LogP contribution >= 0.6 is 0 Å². The summed E-state index contributed by atoms with van der Waals surface area (Å²) in [5, 5.41) is 0. The number of ketones is 1. The predicted octanol–water partition coefficient (Wildman–Crippen LogP) is -0.179. The lowest BCUT2D eigenvalue weighted by Crippen LogP contribution is -2.34. The van der Waals surface area contributed by atoms with E-state index in [1.165, 1.54) is 7.11 Å². The summed E-state index contributed by atoms with van der Waals surface area (Å²) < 4.78 is 4.62. The third-order valence-corrected chi connectivity index (χ3v) is 3.23. The smallest absolute Gasteiger partial charge is 0.317 e. The molecule has 0 aromatic rings. The molecule has 2 aliphatic heterocycles. The molecule has 4 heteroatoms. The lowest BCUT2D eigenvalue weighted by atomic mass is 9.88. The first kappa shape index (κ1) is 8.69. The first-order valence-electron chi connectivity index (χ1n) is 4.50. The summed E-state index contributed by atoms with van der Waals surface area (Å²) in [6.07, 6.45) is 1.83. The van der Waals surface area contributed by atoms with Crippen molar-refractivity contribution in [2.24, 2.45) is 5.92 Å². The van der Waals surface area contributed by atoms with Crippen molar-refractivity contribution in [3.63, 3.8) is 0 Å². The molecule has 3 unspecified atom stereocenters. The number of carbonyl (C=O) groups excluding carboxylic acids is 2. The molecular formula is C9H13NO3. The summed E-state index contributed by atoms with van der Waals surface area (Å²) in [4.78, 5) is 24.9. The summed E-state index contributed by atoms with van der Waals surface area (Å²) in [5.74, 6) is -0.844. The van der Waals surface area contributed by atoms with Gasteiger partial charge in [0.2, 0.25) is 0 Å². The molecule has 72 valence electrons. The lowest BCUT2D eigenvalue weighted by molar-refractivity contribution is -0.149. The van der Waals surface area contributed by atoms with E-state index >= 15 is 0 Å². The number of hydrogen-bond acceptors (Lipinski definition) is 4. The van der Waals surface area contributed by atoms with Gasteiger partial charge in [0.1, 0.15) is 5.92 Å². The van der Waals surface area contributed by atoms with Gasteiger partial charge < -0.3 is 4.74 Å². The largest absolute Gasteiger partial charge is 0.468 e. The average molecular weight is 183 g/mol. The molecule has 0 amide bonds. The van der Waals surface area contributed by atoms with Crippen LogP contribution in [0.4, 0.5) is 0 Å². The highest BCUT2D eigenvalue weighted by molar-refractivity contribution is 6.05. The summed E-state index contributed by atoms with van der Waals surface area (Å²) in [6, 6.07) is 0.0547. The van der Waals surface area contributed by atoms with Gasteiger partial charge in [-0.3, -0.25) is 14.5 Å². The normalized spacial score (nSPS) is 38.3. The van der Waals surface area contributed by atoms with Crippen molar-refractivity contribution < 1.29 is 14.3 Å². The third-order valence-electron chi connectivity index (χ3n) is 3.23. The second-order valence-electron chi connectivity index (χ2n) is 3.73. The number of nitrogens with zero attached hydrogens (tertiary/aromatic N) is 1. The Morgan fingerprint density at radius 3 is 2.69 bits per heavy atom. The quantitative estimate of drug-likeness (QED) is 0.418. The molecule has 0 saturated carbocycles. The standard InChI is InChI=1S/C9H13NO3/c1-10-5-3-4-6(10)8(11)7(5)9(12)13-2/h5-7H,3-4H2,1-2H3. The van der Waals surface area contributed by atoms with E-state index in [2.05, 4.69) is 4.74 Å². The Bertz CT molecular complexity index is 264. The Balaban J connectivity index is 2.23. The van der Waals surface area contributed by atoms with Crippen LogP contribution in [0.15, 0.2) is 0 Å². The topological polar surface area (TPSA) is 46.6 Å². The van der Waals surface area contributed by atoms with E-state index in [0.717, 1.165) is 12.8 Å². The Morgan fingerprint density at radius 2 is 2.23 bits per heavy atom. The first-order valence-corrected chi connectivity index (χ1v) is 4.50. The summed E-state index contributed by atoms with van der Waals surface area (Å²) >= 11 is 0. The van der Waals surface area contributed by atoms with E-state index in [4.69, 9.17) is 0 Å². The van der Waals surface area contributed by atoms with Crippen molar-refractivity contribution in [3.8, 4) is 0 Å². The Hall–Kier alpha value is -0.900. The fourth-order valence-corrected chi connectivity index (χ4v) is 2.51. The van der Waals surface area contributed by atoms with Gasteiger partial charge >= 0.3 is 5.97 Å². The number of esters is 1. The zero-order valence-electron chi connectivity index (χ0n) is 7.82. The van der Waals surface area contributed by atoms with Gasteiger partial charge in [-0.15, -0.1) is 0 Å². The highest BCUT2D eigenvalue weighted by Crippen LogP contribution is 2.38. The predicted molar refractivity (Wildman–Crippen MR) is 45.1 cm³/mol. The summed E-state index contributed by atoms with van der Waals surface area (Å²) in [5.41, 5.74) is 0. The minimum atomic E-state index is -0.520. The van der Waals surface area contributed by atoms with Gasteiger partial charge in [-0.1, -0.05) is 0 Å². The van der Waals surface area contributed by atoms with Crippen LogP contribution in [-0.2, 0) is 14.3 Å². The van der Waals surface area contributed by atoms with Crippen LogP contribution in [0, 0.1) is 5.92 Å². The van der Waals surface area contributed by atoms with Gasteiger partial charge in [0.15, 0.2) is 5.78 Å². The molecule has 13 heavy (non-hydrogen) atoms. The number of fused-ring (bicyclic) bond motifs is 2. The van der Waals surface area contributed by atoms with E-state index < -0.39 is 5.92 Å². The minimum Gasteiger partial charge on any atom is -0.468 e. The van der Waals surface area contributed by atoms with Gasteiger partial charge in [-0.05, 0) is 19.9 Å². The average Bonchev–Trinajstić information content (AvgIpc) is 2.58. The van der Waals surface area contributed by atoms with Crippen molar-refractivity contribution in [3.05, 3.63) is 0 Å². The zero-order chi connectivity index (χ0) is 9.59. The summed E-state index contributed by atoms with van der Waals surface area (Å²) in [6.45, 7) is 0. The van der Waals surface area contributed by atoms with Crippen LogP contribution in [0.3, 0.4) is 0 Å². The van der Waals surface area contributed by atoms with Gasteiger partial charge in [-0.2, -0.15) is 0 Å². The van der Waals surface area contributed by atoms with E-state index in [1.54, 1.807) is 0 Å². The monoisotopic (exact) mass is 183 g/mol. The summed E-state index contributed by atoms with van der Waals surface area (Å²) in [7, 11) is 3.24. The molecule has 0 spiro atoms. The van der Waals surface area contributed by atoms with E-state index in [9.17, 15) is 9.59 Å². The molecule has 2 bridgehead atoms. The van der Waals surface area contributed by atoms with E-state index in [1.807, 2.05) is 11.9 Å². The van der Waals surface area contributed by atoms with Crippen LogP contribution in [-0.4, -0.2) is 42.9 Å². The molecule has 3 atom stereocenters. The number of Topliss-reactive ketones (excluding diaryl/α,β-unsaturated/α-hetero) is 1. The SMILES string of the molecule is COC(=O)C1C(=O)C2CCC1N2C. The lowest BCUT2D eigenvalue weighted by Gasteiger charge is -2.17. The molecule has 0 aromatic carbocycles. The number of ether oxygens (including phenoxy) is 1. The maximum Gasteiger partial charge on any atom is 0.317 e. The number of rotatable bonds is 1. The number of carbonyl (C=O) groups is 2. The molecule has 2 aliphatic rings. The second kappa shape index (κ2) is 2.80. The van der Waals surface area contributed by atoms with Crippen molar-refractivity contribution in [1.29, 1.82) is 0 Å². The maximum atomic E-state index is 11.6. The van der Waals surface area contributed by atoms with Crippen LogP contribution in [0.2, 0.25) is 0 Å². The Morgan fingerprint density at radius 1 is 1.54 bits per heavy atom. The third kappa shape index (κ3) is 1.01. The molecule has 4 nitrogen and oxygen atoms in total. The molecule has 2 saturated heterocycles. The fraction of sp³-hybridized carbons (Fsp3) is 0.778. The van der Waals surface area contributed by atoms with Gasteiger partial charge in [0.05, 0.1) is 13.2 Å².